The van der Waals surface area contributed by atoms with Crippen molar-refractivity contribution in [3.8, 4) is 0 Å². The third-order valence-electron chi connectivity index (χ3n) is 3.06. The molecule has 0 bridgehead atoms. The first-order valence-corrected chi connectivity index (χ1v) is 4.77. The van der Waals surface area contributed by atoms with Crippen molar-refractivity contribution in [2.75, 3.05) is 19.8 Å². The molecule has 2 N–H and O–H groups in total. The van der Waals surface area contributed by atoms with Gasteiger partial charge in [-0.05, 0) is 19.3 Å². The second-order valence-electron chi connectivity index (χ2n) is 3.96. The minimum atomic E-state index is -0.379. The van der Waals surface area contributed by atoms with E-state index in [0.717, 1.165) is 12.8 Å². The lowest BCUT2D eigenvalue weighted by molar-refractivity contribution is -0.144. The lowest BCUT2D eigenvalue weighted by atomic mass is 9.73. The third-order valence-corrected chi connectivity index (χ3v) is 3.06. The highest BCUT2D eigenvalue weighted by atomic mass is 16.5. The monoisotopic (exact) mass is 185 g/mol. The summed E-state index contributed by atoms with van der Waals surface area (Å²) in [5, 5.41) is 12.2. The van der Waals surface area contributed by atoms with E-state index in [1.807, 2.05) is 0 Å². The highest BCUT2D eigenvalue weighted by Crippen LogP contribution is 2.37. The summed E-state index contributed by atoms with van der Waals surface area (Å²) in [6.45, 7) is 1.68. The lowest BCUT2D eigenvalue weighted by Crippen LogP contribution is -2.53. The van der Waals surface area contributed by atoms with Gasteiger partial charge in [0.25, 0.3) is 0 Å². The van der Waals surface area contributed by atoms with E-state index in [1.54, 1.807) is 0 Å². The van der Waals surface area contributed by atoms with E-state index in [4.69, 9.17) is 4.74 Å². The summed E-state index contributed by atoms with van der Waals surface area (Å²) in [5.74, 6) is 0.0982. The molecule has 2 heterocycles. The van der Waals surface area contributed by atoms with Crippen molar-refractivity contribution in [1.29, 1.82) is 0 Å². The van der Waals surface area contributed by atoms with Crippen LogP contribution in [-0.4, -0.2) is 36.9 Å². The standard InChI is InChI=1S/C9H15NO3/c11-7-5-9(8(12)10-6-7)1-3-13-4-2-9/h7,11H,1-6H2,(H,10,12)/t7-/m0/s1. The van der Waals surface area contributed by atoms with Crippen LogP contribution in [0.1, 0.15) is 19.3 Å². The molecule has 0 aromatic carbocycles. The first-order chi connectivity index (χ1) is 6.23. The van der Waals surface area contributed by atoms with Crippen LogP contribution in [0.15, 0.2) is 0 Å². The molecular formula is C9H15NO3. The summed E-state index contributed by atoms with van der Waals surface area (Å²) in [6, 6.07) is 0. The average molecular weight is 185 g/mol. The summed E-state index contributed by atoms with van der Waals surface area (Å²) < 4.78 is 5.22. The Morgan fingerprint density at radius 1 is 1.46 bits per heavy atom. The van der Waals surface area contributed by atoms with Crippen molar-refractivity contribution in [1.82, 2.24) is 5.32 Å². The second-order valence-corrected chi connectivity index (χ2v) is 3.96. The van der Waals surface area contributed by atoms with Crippen LogP contribution >= 0.6 is 0 Å². The molecule has 1 amide bonds. The summed E-state index contributed by atoms with van der Waals surface area (Å²) in [5.41, 5.74) is -0.337. The summed E-state index contributed by atoms with van der Waals surface area (Å²) in [7, 11) is 0. The molecule has 0 unspecified atom stereocenters. The number of hydrogen-bond acceptors (Lipinski definition) is 3. The third kappa shape index (κ3) is 1.56. The first-order valence-electron chi connectivity index (χ1n) is 4.77. The van der Waals surface area contributed by atoms with Crippen molar-refractivity contribution in [3.05, 3.63) is 0 Å². The van der Waals surface area contributed by atoms with Gasteiger partial charge in [-0.15, -0.1) is 0 Å². The molecule has 4 nitrogen and oxygen atoms in total. The quantitative estimate of drug-likeness (QED) is 0.543. The van der Waals surface area contributed by atoms with Crippen LogP contribution in [0.5, 0.6) is 0 Å². The largest absolute Gasteiger partial charge is 0.391 e. The Bertz CT molecular complexity index is 211. The number of carbonyl (C=O) groups is 1. The number of aliphatic hydroxyl groups is 1. The number of rotatable bonds is 0. The van der Waals surface area contributed by atoms with Gasteiger partial charge in [0, 0.05) is 19.8 Å². The molecule has 0 aliphatic carbocycles. The first kappa shape index (κ1) is 8.97. The summed E-state index contributed by atoms with van der Waals surface area (Å²) >= 11 is 0. The smallest absolute Gasteiger partial charge is 0.226 e. The highest BCUT2D eigenvalue weighted by molar-refractivity contribution is 5.83. The van der Waals surface area contributed by atoms with Crippen molar-refractivity contribution in [2.45, 2.75) is 25.4 Å². The molecule has 2 saturated heterocycles. The lowest BCUT2D eigenvalue weighted by Gasteiger charge is -2.40. The van der Waals surface area contributed by atoms with E-state index in [2.05, 4.69) is 5.32 Å². The number of piperidine rings is 1. The SMILES string of the molecule is O=C1NC[C@@H](O)CC12CCOCC2. The number of aliphatic hydroxyl groups excluding tert-OH is 1. The van der Waals surface area contributed by atoms with Gasteiger partial charge in [0.15, 0.2) is 0 Å². The van der Waals surface area contributed by atoms with E-state index in [9.17, 15) is 9.90 Å². The molecule has 0 aromatic heterocycles. The Labute approximate surface area is 77.3 Å². The Balaban J connectivity index is 2.11. The molecule has 2 aliphatic heterocycles. The van der Waals surface area contributed by atoms with Gasteiger partial charge in [-0.2, -0.15) is 0 Å². The fourth-order valence-corrected chi connectivity index (χ4v) is 2.21. The summed E-state index contributed by atoms with van der Waals surface area (Å²) in [4.78, 5) is 11.6. The van der Waals surface area contributed by atoms with Gasteiger partial charge in [-0.1, -0.05) is 0 Å². The zero-order valence-electron chi connectivity index (χ0n) is 7.58. The second kappa shape index (κ2) is 3.27. The number of ether oxygens (including phenoxy) is 1. The Morgan fingerprint density at radius 2 is 2.15 bits per heavy atom. The molecule has 0 aromatic rings. The fourth-order valence-electron chi connectivity index (χ4n) is 2.21. The van der Waals surface area contributed by atoms with E-state index in [1.165, 1.54) is 0 Å². The van der Waals surface area contributed by atoms with Crippen LogP contribution in [0.2, 0.25) is 0 Å². The van der Waals surface area contributed by atoms with Gasteiger partial charge < -0.3 is 15.2 Å². The Hall–Kier alpha value is -0.610. The highest BCUT2D eigenvalue weighted by Gasteiger charge is 2.44. The van der Waals surface area contributed by atoms with Crippen LogP contribution in [0.3, 0.4) is 0 Å². The predicted octanol–water partition coefficient (Wildman–Crippen LogP) is -0.336. The van der Waals surface area contributed by atoms with Crippen LogP contribution in [0.25, 0.3) is 0 Å². The molecule has 13 heavy (non-hydrogen) atoms. The van der Waals surface area contributed by atoms with Crippen molar-refractivity contribution < 1.29 is 14.6 Å². The zero-order chi connectivity index (χ0) is 9.31. The van der Waals surface area contributed by atoms with Crippen LogP contribution in [-0.2, 0) is 9.53 Å². The van der Waals surface area contributed by atoms with E-state index in [0.29, 0.717) is 26.2 Å². The van der Waals surface area contributed by atoms with Crippen molar-refractivity contribution >= 4 is 5.91 Å². The average Bonchev–Trinajstić information content (AvgIpc) is 2.14. The van der Waals surface area contributed by atoms with Gasteiger partial charge in [-0.3, -0.25) is 4.79 Å². The molecule has 2 fully saturated rings. The minimum absolute atomic E-state index is 0.0982. The van der Waals surface area contributed by atoms with Crippen LogP contribution in [0, 0.1) is 5.41 Å². The molecule has 74 valence electrons. The number of hydrogen-bond donors (Lipinski definition) is 2. The van der Waals surface area contributed by atoms with Crippen LogP contribution in [0.4, 0.5) is 0 Å². The molecule has 0 saturated carbocycles. The van der Waals surface area contributed by atoms with Gasteiger partial charge in [0.2, 0.25) is 5.91 Å². The van der Waals surface area contributed by atoms with Crippen molar-refractivity contribution in [3.63, 3.8) is 0 Å². The van der Waals surface area contributed by atoms with Crippen molar-refractivity contribution in [2.24, 2.45) is 5.41 Å². The normalized spacial score (nSPS) is 33.0. The minimum Gasteiger partial charge on any atom is -0.391 e. The van der Waals surface area contributed by atoms with Crippen LogP contribution < -0.4 is 5.32 Å². The maximum Gasteiger partial charge on any atom is 0.226 e. The number of nitrogens with one attached hydrogen (secondary N) is 1. The molecule has 2 rings (SSSR count). The molecule has 1 spiro atoms. The molecule has 0 radical (unpaired) electrons. The predicted molar refractivity (Wildman–Crippen MR) is 46.1 cm³/mol. The van der Waals surface area contributed by atoms with Gasteiger partial charge in [0.05, 0.1) is 11.5 Å². The topological polar surface area (TPSA) is 58.6 Å². The van der Waals surface area contributed by atoms with Gasteiger partial charge in [0.1, 0.15) is 0 Å². The summed E-state index contributed by atoms with van der Waals surface area (Å²) in [6.07, 6.45) is 1.71. The van der Waals surface area contributed by atoms with E-state index in [-0.39, 0.29) is 17.4 Å². The molecule has 4 heteroatoms. The maximum absolute atomic E-state index is 11.6. The number of amides is 1. The zero-order valence-corrected chi connectivity index (χ0v) is 7.58. The Morgan fingerprint density at radius 3 is 2.85 bits per heavy atom. The maximum atomic E-state index is 11.6. The Kier molecular flexibility index (Phi) is 2.26. The molecular weight excluding hydrogens is 170 g/mol. The number of carbonyl (C=O) groups excluding carboxylic acids is 1. The van der Waals surface area contributed by atoms with E-state index < -0.39 is 0 Å². The molecule has 1 atom stereocenters. The van der Waals surface area contributed by atoms with Gasteiger partial charge in [-0.25, -0.2) is 0 Å². The van der Waals surface area contributed by atoms with E-state index >= 15 is 0 Å². The van der Waals surface area contributed by atoms with Gasteiger partial charge >= 0.3 is 0 Å². The number of β-amino-alcohol motifs (C(OH)–C–C–N with tert-alkyl or cyclic N) is 1. The molecule has 2 aliphatic rings. The fraction of sp³-hybridized carbons (Fsp3) is 0.889.